The Morgan fingerprint density at radius 1 is 1.67 bits per heavy atom. The van der Waals surface area contributed by atoms with Crippen LogP contribution in [0.15, 0.2) is 18.3 Å². The molecule has 0 aliphatic heterocycles. The van der Waals surface area contributed by atoms with E-state index in [4.69, 9.17) is 10.8 Å². The molecule has 0 aliphatic rings. The highest BCUT2D eigenvalue weighted by molar-refractivity contribution is 5.11. The van der Waals surface area contributed by atoms with Crippen LogP contribution < -0.4 is 5.73 Å². The first-order chi connectivity index (χ1) is 5.63. The second kappa shape index (κ2) is 3.60. The van der Waals surface area contributed by atoms with Gasteiger partial charge >= 0.3 is 0 Å². The maximum absolute atomic E-state index is 12.9. The molecular weight excluding hydrogens is 159 g/mol. The van der Waals surface area contributed by atoms with E-state index in [1.165, 1.54) is 25.3 Å². The fourth-order valence-electron chi connectivity index (χ4n) is 0.872. The Kier molecular flexibility index (Phi) is 2.73. The second-order valence-electron chi connectivity index (χ2n) is 2.64. The van der Waals surface area contributed by atoms with Crippen molar-refractivity contribution < 1.29 is 9.50 Å². The Morgan fingerprint density at radius 2 is 2.33 bits per heavy atom. The van der Waals surface area contributed by atoms with E-state index in [0.29, 0.717) is 0 Å². The van der Waals surface area contributed by atoms with E-state index >= 15 is 0 Å². The standard InChI is InChI=1S/C8H11FN2O/c1-5(12)7(10)8-6(9)3-2-4-11-8/h2-5,7,12H,10H2,1H3/t5-,7-/m0/s1. The second-order valence-corrected chi connectivity index (χ2v) is 2.64. The molecule has 0 fully saturated rings. The van der Waals surface area contributed by atoms with Gasteiger partial charge in [0.25, 0.3) is 0 Å². The summed E-state index contributed by atoms with van der Waals surface area (Å²) in [5.74, 6) is -0.481. The normalized spacial score (nSPS) is 15.7. The molecule has 0 spiro atoms. The third-order valence-corrected chi connectivity index (χ3v) is 1.62. The first-order valence-corrected chi connectivity index (χ1v) is 3.67. The van der Waals surface area contributed by atoms with E-state index in [0.717, 1.165) is 0 Å². The molecule has 0 amide bonds. The number of aliphatic hydroxyl groups is 1. The van der Waals surface area contributed by atoms with Gasteiger partial charge in [-0.15, -0.1) is 0 Å². The average molecular weight is 170 g/mol. The van der Waals surface area contributed by atoms with E-state index in [1.54, 1.807) is 0 Å². The average Bonchev–Trinajstić information content (AvgIpc) is 2.04. The molecule has 0 aromatic carbocycles. The Bertz CT molecular complexity index is 265. The maximum atomic E-state index is 12.9. The monoisotopic (exact) mass is 170 g/mol. The number of aromatic nitrogens is 1. The van der Waals surface area contributed by atoms with E-state index in [2.05, 4.69) is 4.98 Å². The van der Waals surface area contributed by atoms with E-state index in [9.17, 15) is 4.39 Å². The summed E-state index contributed by atoms with van der Waals surface area (Å²) in [6.45, 7) is 1.50. The highest BCUT2D eigenvalue weighted by Crippen LogP contribution is 2.14. The van der Waals surface area contributed by atoms with E-state index < -0.39 is 18.0 Å². The summed E-state index contributed by atoms with van der Waals surface area (Å²) in [6, 6.07) is 1.99. The summed E-state index contributed by atoms with van der Waals surface area (Å²) in [5.41, 5.74) is 5.59. The van der Waals surface area contributed by atoms with Gasteiger partial charge < -0.3 is 10.8 Å². The number of nitrogens with zero attached hydrogens (tertiary/aromatic N) is 1. The van der Waals surface area contributed by atoms with Crippen LogP contribution in [0.1, 0.15) is 18.7 Å². The molecule has 1 rings (SSSR count). The van der Waals surface area contributed by atoms with Crippen LogP contribution in [0.5, 0.6) is 0 Å². The van der Waals surface area contributed by atoms with Gasteiger partial charge in [0, 0.05) is 6.20 Å². The number of halogens is 1. The van der Waals surface area contributed by atoms with Crippen LogP contribution in [0.25, 0.3) is 0 Å². The summed E-state index contributed by atoms with van der Waals surface area (Å²) < 4.78 is 12.9. The molecule has 1 aromatic rings. The van der Waals surface area contributed by atoms with Gasteiger partial charge in [-0.2, -0.15) is 0 Å². The zero-order chi connectivity index (χ0) is 9.14. The quantitative estimate of drug-likeness (QED) is 0.683. The van der Waals surface area contributed by atoms with Crippen molar-refractivity contribution in [3.63, 3.8) is 0 Å². The largest absolute Gasteiger partial charge is 0.391 e. The zero-order valence-electron chi connectivity index (χ0n) is 6.74. The molecule has 2 atom stereocenters. The Labute approximate surface area is 70.0 Å². The summed E-state index contributed by atoms with van der Waals surface area (Å²) in [5, 5.41) is 9.07. The van der Waals surface area contributed by atoms with E-state index in [-0.39, 0.29) is 5.69 Å². The van der Waals surface area contributed by atoms with Gasteiger partial charge in [-0.1, -0.05) is 0 Å². The first kappa shape index (κ1) is 9.09. The highest BCUT2D eigenvalue weighted by atomic mass is 19.1. The molecule has 3 N–H and O–H groups in total. The molecule has 0 aliphatic carbocycles. The van der Waals surface area contributed by atoms with Crippen molar-refractivity contribution >= 4 is 0 Å². The van der Waals surface area contributed by atoms with Gasteiger partial charge in [-0.05, 0) is 19.1 Å². The molecule has 0 bridgehead atoms. The van der Waals surface area contributed by atoms with Crippen LogP contribution in [0.3, 0.4) is 0 Å². The van der Waals surface area contributed by atoms with Crippen molar-refractivity contribution in [3.05, 3.63) is 29.8 Å². The first-order valence-electron chi connectivity index (χ1n) is 3.67. The van der Waals surface area contributed by atoms with Crippen LogP contribution in [-0.4, -0.2) is 16.2 Å². The lowest BCUT2D eigenvalue weighted by Crippen LogP contribution is -2.25. The highest BCUT2D eigenvalue weighted by Gasteiger charge is 2.16. The molecule has 0 saturated carbocycles. The summed E-state index contributed by atoms with van der Waals surface area (Å²) in [4.78, 5) is 3.74. The lowest BCUT2D eigenvalue weighted by Gasteiger charge is -2.13. The smallest absolute Gasteiger partial charge is 0.146 e. The fraction of sp³-hybridized carbons (Fsp3) is 0.375. The van der Waals surface area contributed by atoms with Crippen molar-refractivity contribution in [2.45, 2.75) is 19.1 Å². The number of hydrogen-bond acceptors (Lipinski definition) is 3. The van der Waals surface area contributed by atoms with Crippen LogP contribution in [0.4, 0.5) is 4.39 Å². The maximum Gasteiger partial charge on any atom is 0.146 e. The van der Waals surface area contributed by atoms with Gasteiger partial charge in [-0.25, -0.2) is 4.39 Å². The van der Waals surface area contributed by atoms with Gasteiger partial charge in [0.05, 0.1) is 17.8 Å². The number of pyridine rings is 1. The predicted octanol–water partition coefficient (Wildman–Crippen LogP) is 0.601. The molecule has 0 saturated heterocycles. The van der Waals surface area contributed by atoms with Crippen LogP contribution in [0, 0.1) is 5.82 Å². The molecule has 0 radical (unpaired) electrons. The minimum atomic E-state index is -0.797. The molecule has 66 valence electrons. The van der Waals surface area contributed by atoms with Crippen molar-refractivity contribution in [1.29, 1.82) is 0 Å². The van der Waals surface area contributed by atoms with Crippen molar-refractivity contribution in [2.75, 3.05) is 0 Å². The lowest BCUT2D eigenvalue weighted by molar-refractivity contribution is 0.160. The van der Waals surface area contributed by atoms with Gasteiger partial charge in [0.2, 0.25) is 0 Å². The topological polar surface area (TPSA) is 59.1 Å². The van der Waals surface area contributed by atoms with Gasteiger partial charge in [-0.3, -0.25) is 4.98 Å². The summed E-state index contributed by atoms with van der Waals surface area (Å²) >= 11 is 0. The van der Waals surface area contributed by atoms with Crippen molar-refractivity contribution in [2.24, 2.45) is 5.73 Å². The lowest BCUT2D eigenvalue weighted by atomic mass is 10.1. The molecule has 12 heavy (non-hydrogen) atoms. The molecule has 4 heteroatoms. The van der Waals surface area contributed by atoms with Crippen LogP contribution in [-0.2, 0) is 0 Å². The number of nitrogens with two attached hydrogens (primary N) is 1. The fourth-order valence-corrected chi connectivity index (χ4v) is 0.872. The predicted molar refractivity (Wildman–Crippen MR) is 42.8 cm³/mol. The minimum Gasteiger partial charge on any atom is -0.391 e. The van der Waals surface area contributed by atoms with Crippen molar-refractivity contribution in [3.8, 4) is 0 Å². The van der Waals surface area contributed by atoms with Gasteiger partial charge in [0.15, 0.2) is 0 Å². The minimum absolute atomic E-state index is 0.104. The molecule has 3 nitrogen and oxygen atoms in total. The summed E-state index contributed by atoms with van der Waals surface area (Å²) in [6.07, 6.45) is 0.648. The SMILES string of the molecule is C[C@H](O)[C@H](N)c1ncccc1F. The Balaban J connectivity index is 2.94. The molecule has 1 heterocycles. The van der Waals surface area contributed by atoms with Gasteiger partial charge in [0.1, 0.15) is 5.82 Å². The van der Waals surface area contributed by atoms with E-state index in [1.807, 2.05) is 0 Å². The Morgan fingerprint density at radius 3 is 2.83 bits per heavy atom. The number of hydrogen-bond donors (Lipinski definition) is 2. The number of rotatable bonds is 2. The zero-order valence-corrected chi connectivity index (χ0v) is 6.74. The molecular formula is C8H11FN2O. The third-order valence-electron chi connectivity index (χ3n) is 1.62. The third kappa shape index (κ3) is 1.78. The Hall–Kier alpha value is -1.00. The van der Waals surface area contributed by atoms with Crippen LogP contribution >= 0.6 is 0 Å². The van der Waals surface area contributed by atoms with Crippen LogP contribution in [0.2, 0.25) is 0 Å². The number of aliphatic hydroxyl groups excluding tert-OH is 1. The summed E-state index contributed by atoms with van der Waals surface area (Å²) in [7, 11) is 0. The molecule has 1 aromatic heterocycles. The molecule has 0 unspecified atom stereocenters. The van der Waals surface area contributed by atoms with Crippen molar-refractivity contribution in [1.82, 2.24) is 4.98 Å².